The van der Waals surface area contributed by atoms with Gasteiger partial charge in [-0.3, -0.25) is 9.11 Å². The SMILES string of the molecule is Nc1csc(-c2ccc(-c3cc(S(=O)(=O)O)cs3)cc2S(=O)(=O)O)c1N. The van der Waals surface area contributed by atoms with Gasteiger partial charge in [-0.15, -0.1) is 22.7 Å². The van der Waals surface area contributed by atoms with Gasteiger partial charge in [0.2, 0.25) is 0 Å². The van der Waals surface area contributed by atoms with Gasteiger partial charge in [0, 0.05) is 21.2 Å². The van der Waals surface area contributed by atoms with Gasteiger partial charge in [-0.25, -0.2) is 0 Å². The number of anilines is 2. The first-order chi connectivity index (χ1) is 12.0. The Morgan fingerprint density at radius 1 is 0.885 bits per heavy atom. The fraction of sp³-hybridized carbons (Fsp3) is 0. The zero-order chi connectivity index (χ0) is 19.3. The number of rotatable bonds is 4. The van der Waals surface area contributed by atoms with E-state index in [4.69, 9.17) is 16.0 Å². The highest BCUT2D eigenvalue weighted by atomic mass is 32.2. The van der Waals surface area contributed by atoms with Crippen molar-refractivity contribution in [2.75, 3.05) is 11.5 Å². The summed E-state index contributed by atoms with van der Waals surface area (Å²) >= 11 is 2.13. The van der Waals surface area contributed by atoms with Crippen LogP contribution in [0.15, 0.2) is 44.8 Å². The largest absolute Gasteiger partial charge is 0.396 e. The van der Waals surface area contributed by atoms with Crippen LogP contribution in [0.2, 0.25) is 0 Å². The van der Waals surface area contributed by atoms with Gasteiger partial charge in [0.15, 0.2) is 0 Å². The molecule has 3 rings (SSSR count). The van der Waals surface area contributed by atoms with Gasteiger partial charge in [-0.05, 0) is 17.7 Å². The standard InChI is InChI=1S/C14H12N2O6S4/c15-10-6-24-14(13(10)16)9-2-1-7(3-12(9)26(20,21)22)11-4-8(5-23-11)25(17,18)19/h1-6H,15-16H2,(H,17,18,19)(H,20,21,22). The van der Waals surface area contributed by atoms with Crippen LogP contribution in [0.25, 0.3) is 20.9 Å². The summed E-state index contributed by atoms with van der Waals surface area (Å²) in [6.45, 7) is 0. The highest BCUT2D eigenvalue weighted by Gasteiger charge is 2.22. The van der Waals surface area contributed by atoms with Gasteiger partial charge in [0.05, 0.1) is 16.3 Å². The Hall–Kier alpha value is -1.96. The van der Waals surface area contributed by atoms with Crippen molar-refractivity contribution in [1.82, 2.24) is 0 Å². The molecule has 2 aromatic heterocycles. The summed E-state index contributed by atoms with van der Waals surface area (Å²) < 4.78 is 64.8. The van der Waals surface area contributed by atoms with Crippen LogP contribution < -0.4 is 11.5 Å². The summed E-state index contributed by atoms with van der Waals surface area (Å²) in [7, 11) is -8.96. The van der Waals surface area contributed by atoms with Gasteiger partial charge >= 0.3 is 0 Å². The second-order valence-electron chi connectivity index (χ2n) is 5.24. The molecule has 0 saturated heterocycles. The Bertz CT molecular complexity index is 1210. The van der Waals surface area contributed by atoms with E-state index >= 15 is 0 Å². The quantitative estimate of drug-likeness (QED) is 0.458. The van der Waals surface area contributed by atoms with E-state index in [1.807, 2.05) is 0 Å². The van der Waals surface area contributed by atoms with Crippen molar-refractivity contribution >= 4 is 54.3 Å². The fourth-order valence-electron chi connectivity index (χ4n) is 2.27. The Kier molecular flexibility index (Phi) is 4.58. The lowest BCUT2D eigenvalue weighted by molar-refractivity contribution is 0.481. The first kappa shape index (κ1) is 18.8. The maximum Gasteiger partial charge on any atom is 0.295 e. The molecule has 0 aliphatic carbocycles. The molecule has 0 fully saturated rings. The van der Waals surface area contributed by atoms with E-state index in [0.29, 0.717) is 21.0 Å². The summed E-state index contributed by atoms with van der Waals surface area (Å²) in [6, 6.07) is 5.42. The minimum absolute atomic E-state index is 0.182. The molecule has 0 unspecified atom stereocenters. The third kappa shape index (κ3) is 3.47. The molecule has 0 aliphatic rings. The summed E-state index contributed by atoms with van der Waals surface area (Å²) in [5.41, 5.74) is 12.6. The molecule has 6 N–H and O–H groups in total. The minimum Gasteiger partial charge on any atom is -0.396 e. The third-order valence-electron chi connectivity index (χ3n) is 3.52. The molecule has 3 aromatic rings. The van der Waals surface area contributed by atoms with E-state index in [2.05, 4.69) is 0 Å². The van der Waals surface area contributed by atoms with E-state index < -0.39 is 20.2 Å². The van der Waals surface area contributed by atoms with Crippen molar-refractivity contribution in [2.45, 2.75) is 9.79 Å². The topological polar surface area (TPSA) is 161 Å². The normalized spacial score (nSPS) is 12.4. The molecule has 0 bridgehead atoms. The lowest BCUT2D eigenvalue weighted by Gasteiger charge is -2.09. The number of thiophene rings is 2. The molecule has 0 spiro atoms. The zero-order valence-electron chi connectivity index (χ0n) is 12.8. The number of benzene rings is 1. The van der Waals surface area contributed by atoms with Gasteiger partial charge in [-0.2, -0.15) is 16.8 Å². The van der Waals surface area contributed by atoms with Crippen LogP contribution in [0, 0.1) is 0 Å². The molecule has 0 atom stereocenters. The first-order valence-electron chi connectivity index (χ1n) is 6.79. The predicted octanol–water partition coefficient (Wildman–Crippen LogP) is 2.80. The van der Waals surface area contributed by atoms with E-state index in [-0.39, 0.29) is 21.0 Å². The molecule has 0 amide bonds. The Balaban J connectivity index is 2.20. The van der Waals surface area contributed by atoms with Crippen molar-refractivity contribution in [3.63, 3.8) is 0 Å². The first-order valence-corrected chi connectivity index (χ1v) is 11.4. The Morgan fingerprint density at radius 2 is 1.58 bits per heavy atom. The maximum atomic E-state index is 11.8. The lowest BCUT2D eigenvalue weighted by Crippen LogP contribution is -2.02. The number of hydrogen-bond acceptors (Lipinski definition) is 8. The van der Waals surface area contributed by atoms with Crippen LogP contribution in [0.1, 0.15) is 0 Å². The zero-order valence-corrected chi connectivity index (χ0v) is 16.0. The Labute approximate surface area is 157 Å². The average Bonchev–Trinajstić information content (AvgIpc) is 3.14. The van der Waals surface area contributed by atoms with Gasteiger partial charge in [0.1, 0.15) is 9.79 Å². The fourth-order valence-corrected chi connectivity index (χ4v) is 5.72. The second-order valence-corrected chi connectivity index (χ2v) is 9.84. The molecule has 138 valence electrons. The molecule has 1 aromatic carbocycles. The second kappa shape index (κ2) is 6.33. The Morgan fingerprint density at radius 3 is 2.08 bits per heavy atom. The van der Waals surface area contributed by atoms with Gasteiger partial charge in [0.25, 0.3) is 20.2 Å². The molecular weight excluding hydrogens is 420 g/mol. The van der Waals surface area contributed by atoms with Crippen molar-refractivity contribution in [1.29, 1.82) is 0 Å². The summed E-state index contributed by atoms with van der Waals surface area (Å²) in [5, 5.41) is 2.79. The van der Waals surface area contributed by atoms with Crippen molar-refractivity contribution in [2.24, 2.45) is 0 Å². The molecule has 26 heavy (non-hydrogen) atoms. The molecule has 12 heteroatoms. The van der Waals surface area contributed by atoms with Crippen LogP contribution in [0.3, 0.4) is 0 Å². The van der Waals surface area contributed by atoms with Gasteiger partial charge in [-0.1, -0.05) is 12.1 Å². The highest BCUT2D eigenvalue weighted by Crippen LogP contribution is 2.41. The number of hydrogen-bond donors (Lipinski definition) is 4. The van der Waals surface area contributed by atoms with E-state index in [1.165, 1.54) is 23.6 Å². The predicted molar refractivity (Wildman–Crippen MR) is 102 cm³/mol. The van der Waals surface area contributed by atoms with Crippen LogP contribution in [0.4, 0.5) is 11.4 Å². The average molecular weight is 433 g/mol. The van der Waals surface area contributed by atoms with Crippen molar-refractivity contribution < 1.29 is 25.9 Å². The number of nitrogens with two attached hydrogens (primary N) is 2. The van der Waals surface area contributed by atoms with Gasteiger partial charge < -0.3 is 11.5 Å². The maximum absolute atomic E-state index is 11.8. The summed E-state index contributed by atoms with van der Waals surface area (Å²) in [6.07, 6.45) is 0. The lowest BCUT2D eigenvalue weighted by atomic mass is 10.1. The molecule has 0 saturated carbocycles. The van der Waals surface area contributed by atoms with E-state index in [1.54, 1.807) is 11.4 Å². The van der Waals surface area contributed by atoms with E-state index in [9.17, 15) is 21.4 Å². The number of nitrogen functional groups attached to an aromatic ring is 2. The molecular formula is C14H12N2O6S4. The molecule has 0 aliphatic heterocycles. The highest BCUT2D eigenvalue weighted by molar-refractivity contribution is 7.86. The van der Waals surface area contributed by atoms with Crippen LogP contribution in [0.5, 0.6) is 0 Å². The summed E-state index contributed by atoms with van der Waals surface area (Å²) in [4.78, 5) is 0.106. The summed E-state index contributed by atoms with van der Waals surface area (Å²) in [5.74, 6) is 0. The molecule has 0 radical (unpaired) electrons. The smallest absolute Gasteiger partial charge is 0.295 e. The third-order valence-corrected chi connectivity index (χ3v) is 7.42. The molecule has 8 nitrogen and oxygen atoms in total. The van der Waals surface area contributed by atoms with Crippen molar-refractivity contribution in [3.8, 4) is 20.9 Å². The van der Waals surface area contributed by atoms with Crippen LogP contribution in [-0.2, 0) is 20.2 Å². The monoisotopic (exact) mass is 432 g/mol. The van der Waals surface area contributed by atoms with Crippen LogP contribution in [-0.4, -0.2) is 25.9 Å². The van der Waals surface area contributed by atoms with Crippen LogP contribution >= 0.6 is 22.7 Å². The molecule has 2 heterocycles. The van der Waals surface area contributed by atoms with Crippen molar-refractivity contribution in [3.05, 3.63) is 35.0 Å². The minimum atomic E-state index is -4.59. The van der Waals surface area contributed by atoms with E-state index in [0.717, 1.165) is 22.7 Å².